The maximum Gasteiger partial charge on any atom is 0.166 e. The number of hydrogen-bond acceptors (Lipinski definition) is 2. The Morgan fingerprint density at radius 3 is 2.95 bits per heavy atom. The number of hydrogen-bond donors (Lipinski definition) is 2. The van der Waals surface area contributed by atoms with Gasteiger partial charge in [0.1, 0.15) is 0 Å². The molecule has 0 heterocycles. The van der Waals surface area contributed by atoms with E-state index >= 15 is 0 Å². The van der Waals surface area contributed by atoms with Gasteiger partial charge in [0.25, 0.3) is 0 Å². The lowest BCUT2D eigenvalue weighted by Crippen LogP contribution is -2.37. The number of thiocarbonyl (C=S) groups is 1. The molecule has 0 spiro atoms. The van der Waals surface area contributed by atoms with Gasteiger partial charge in [0.05, 0.1) is 6.04 Å². The lowest BCUT2D eigenvalue weighted by atomic mass is 10.1. The number of benzene rings is 1. The van der Waals surface area contributed by atoms with Crippen LogP contribution in [0.15, 0.2) is 24.3 Å². The SMILES string of the molecule is CCOCCCNC(=S)NC(C)c1cccc(Cl)c1. The van der Waals surface area contributed by atoms with E-state index < -0.39 is 0 Å². The lowest BCUT2D eigenvalue weighted by molar-refractivity contribution is 0.145. The van der Waals surface area contributed by atoms with E-state index in [0.29, 0.717) is 5.11 Å². The van der Waals surface area contributed by atoms with Gasteiger partial charge in [0, 0.05) is 24.8 Å². The molecule has 3 nitrogen and oxygen atoms in total. The van der Waals surface area contributed by atoms with Crippen molar-refractivity contribution in [1.29, 1.82) is 0 Å². The van der Waals surface area contributed by atoms with Crippen molar-refractivity contribution in [1.82, 2.24) is 10.6 Å². The van der Waals surface area contributed by atoms with Gasteiger partial charge in [-0.05, 0) is 50.2 Å². The number of rotatable bonds is 7. The van der Waals surface area contributed by atoms with Crippen molar-refractivity contribution in [3.05, 3.63) is 34.9 Å². The van der Waals surface area contributed by atoms with Gasteiger partial charge in [-0.25, -0.2) is 0 Å². The van der Waals surface area contributed by atoms with Crippen LogP contribution in [-0.2, 0) is 4.74 Å². The van der Waals surface area contributed by atoms with Gasteiger partial charge in [-0.2, -0.15) is 0 Å². The maximum atomic E-state index is 5.97. The highest BCUT2D eigenvalue weighted by Crippen LogP contribution is 2.17. The van der Waals surface area contributed by atoms with Crippen LogP contribution in [0.25, 0.3) is 0 Å². The Morgan fingerprint density at radius 1 is 1.47 bits per heavy atom. The number of nitrogens with one attached hydrogen (secondary N) is 2. The molecule has 1 unspecified atom stereocenters. The van der Waals surface area contributed by atoms with Crippen molar-refractivity contribution in [3.63, 3.8) is 0 Å². The van der Waals surface area contributed by atoms with Crippen LogP contribution in [0.3, 0.4) is 0 Å². The van der Waals surface area contributed by atoms with Crippen LogP contribution in [-0.4, -0.2) is 24.9 Å². The van der Waals surface area contributed by atoms with Crippen LogP contribution >= 0.6 is 23.8 Å². The third kappa shape index (κ3) is 6.76. The fraction of sp³-hybridized carbons (Fsp3) is 0.500. The summed E-state index contributed by atoms with van der Waals surface area (Å²) in [4.78, 5) is 0. The number of ether oxygens (including phenoxy) is 1. The standard InChI is InChI=1S/C14H21ClN2OS/c1-3-18-9-5-8-16-14(19)17-11(2)12-6-4-7-13(15)10-12/h4,6-7,10-11H,3,5,8-9H2,1-2H3,(H2,16,17,19). The molecule has 1 atom stereocenters. The van der Waals surface area contributed by atoms with E-state index in [1.54, 1.807) is 0 Å². The van der Waals surface area contributed by atoms with Crippen molar-refractivity contribution < 1.29 is 4.74 Å². The van der Waals surface area contributed by atoms with Crippen molar-refractivity contribution in [2.75, 3.05) is 19.8 Å². The summed E-state index contributed by atoms with van der Waals surface area (Å²) in [5, 5.41) is 7.79. The second-order valence-electron chi connectivity index (χ2n) is 4.23. The quantitative estimate of drug-likeness (QED) is 0.598. The zero-order chi connectivity index (χ0) is 14.1. The van der Waals surface area contributed by atoms with Crippen LogP contribution < -0.4 is 10.6 Å². The molecule has 19 heavy (non-hydrogen) atoms. The summed E-state index contributed by atoms with van der Waals surface area (Å²) in [5.74, 6) is 0. The van der Waals surface area contributed by atoms with E-state index in [4.69, 9.17) is 28.6 Å². The van der Waals surface area contributed by atoms with Crippen molar-refractivity contribution in [2.24, 2.45) is 0 Å². The van der Waals surface area contributed by atoms with Crippen LogP contribution in [0.2, 0.25) is 5.02 Å². The maximum absolute atomic E-state index is 5.97. The van der Waals surface area contributed by atoms with Crippen molar-refractivity contribution in [2.45, 2.75) is 26.3 Å². The third-order valence-electron chi connectivity index (χ3n) is 2.65. The van der Waals surface area contributed by atoms with E-state index in [9.17, 15) is 0 Å². The molecule has 0 bridgehead atoms. The first-order valence-corrected chi connectivity index (χ1v) is 7.29. The van der Waals surface area contributed by atoms with Gasteiger partial charge in [-0.3, -0.25) is 0 Å². The minimum atomic E-state index is 0.130. The molecule has 5 heteroatoms. The summed E-state index contributed by atoms with van der Waals surface area (Å²) in [6, 6.07) is 7.90. The summed E-state index contributed by atoms with van der Waals surface area (Å²) in [6.07, 6.45) is 0.946. The normalized spacial score (nSPS) is 11.9. The summed E-state index contributed by atoms with van der Waals surface area (Å²) in [7, 11) is 0. The average molecular weight is 301 g/mol. The highest BCUT2D eigenvalue weighted by atomic mass is 35.5. The first kappa shape index (κ1) is 16.2. The van der Waals surface area contributed by atoms with Crippen LogP contribution in [0, 0.1) is 0 Å². The van der Waals surface area contributed by atoms with Crippen LogP contribution in [0.1, 0.15) is 31.9 Å². The molecular formula is C14H21ClN2OS. The van der Waals surface area contributed by atoms with Gasteiger partial charge in [-0.1, -0.05) is 23.7 Å². The first-order valence-electron chi connectivity index (χ1n) is 6.51. The second-order valence-corrected chi connectivity index (χ2v) is 5.07. The van der Waals surface area contributed by atoms with Gasteiger partial charge in [0.15, 0.2) is 5.11 Å². The predicted molar refractivity (Wildman–Crippen MR) is 84.7 cm³/mol. The minimum Gasteiger partial charge on any atom is -0.382 e. The van der Waals surface area contributed by atoms with E-state index in [-0.39, 0.29) is 6.04 Å². The highest BCUT2D eigenvalue weighted by Gasteiger charge is 2.06. The van der Waals surface area contributed by atoms with Gasteiger partial charge in [0.2, 0.25) is 0 Å². The molecule has 0 fully saturated rings. The molecule has 1 aromatic rings. The molecule has 0 aliphatic rings. The summed E-state index contributed by atoms with van der Waals surface area (Å²) < 4.78 is 5.26. The number of halogens is 1. The van der Waals surface area contributed by atoms with Crippen LogP contribution in [0.4, 0.5) is 0 Å². The van der Waals surface area contributed by atoms with E-state index in [0.717, 1.165) is 36.8 Å². The molecule has 0 aliphatic carbocycles. The van der Waals surface area contributed by atoms with Gasteiger partial charge < -0.3 is 15.4 Å². The molecule has 1 rings (SSSR count). The zero-order valence-electron chi connectivity index (χ0n) is 11.4. The lowest BCUT2D eigenvalue weighted by Gasteiger charge is -2.17. The molecule has 1 aromatic carbocycles. The molecule has 2 N–H and O–H groups in total. The topological polar surface area (TPSA) is 33.3 Å². The van der Waals surface area contributed by atoms with E-state index in [1.807, 2.05) is 31.2 Å². The molecular weight excluding hydrogens is 280 g/mol. The summed E-state index contributed by atoms with van der Waals surface area (Å²) in [5.41, 5.74) is 1.12. The smallest absolute Gasteiger partial charge is 0.166 e. The second kappa shape index (κ2) is 9.13. The monoisotopic (exact) mass is 300 g/mol. The predicted octanol–water partition coefficient (Wildman–Crippen LogP) is 3.29. The Labute approximate surface area is 125 Å². The highest BCUT2D eigenvalue weighted by molar-refractivity contribution is 7.80. The Kier molecular flexibility index (Phi) is 7.79. The van der Waals surface area contributed by atoms with Gasteiger partial charge in [-0.15, -0.1) is 0 Å². The van der Waals surface area contributed by atoms with Crippen molar-refractivity contribution >= 4 is 28.9 Å². The third-order valence-corrected chi connectivity index (χ3v) is 3.15. The molecule has 106 valence electrons. The van der Waals surface area contributed by atoms with Crippen molar-refractivity contribution in [3.8, 4) is 0 Å². The molecule has 0 aromatic heterocycles. The fourth-order valence-corrected chi connectivity index (χ4v) is 2.10. The molecule has 0 radical (unpaired) electrons. The largest absolute Gasteiger partial charge is 0.382 e. The minimum absolute atomic E-state index is 0.130. The van der Waals surface area contributed by atoms with E-state index in [2.05, 4.69) is 17.6 Å². The Morgan fingerprint density at radius 2 is 2.26 bits per heavy atom. The average Bonchev–Trinajstić information content (AvgIpc) is 2.38. The zero-order valence-corrected chi connectivity index (χ0v) is 13.0. The first-order chi connectivity index (χ1) is 9.13. The Bertz CT molecular complexity index is 401. The van der Waals surface area contributed by atoms with E-state index in [1.165, 1.54) is 0 Å². The Hall–Kier alpha value is -0.840. The molecule has 0 aliphatic heterocycles. The van der Waals surface area contributed by atoms with Crippen LogP contribution in [0.5, 0.6) is 0 Å². The van der Waals surface area contributed by atoms with Gasteiger partial charge >= 0.3 is 0 Å². The summed E-state index contributed by atoms with van der Waals surface area (Å²) >= 11 is 11.2. The Balaban J connectivity index is 2.28. The fourth-order valence-electron chi connectivity index (χ4n) is 1.63. The summed E-state index contributed by atoms with van der Waals surface area (Å²) in [6.45, 7) is 6.38. The molecule has 0 amide bonds. The molecule has 0 saturated carbocycles. The molecule has 0 saturated heterocycles.